The second-order valence-corrected chi connectivity index (χ2v) is 16.4. The van der Waals surface area contributed by atoms with E-state index in [0.29, 0.717) is 44.6 Å². The maximum Gasteiger partial charge on any atom is 0.418 e. The number of carbonyl (C=O) groups is 2. The second kappa shape index (κ2) is 16.3. The standard InChI is InChI=1S/C43H50F3N11O3/c1-27-21-32(4-6-35(27)57-15-10-38(58)52-42(57)59)54-18-16-53(17-19-54)25-29-7-12-55(13-8-29)36-5-3-31(22-33(36)43(44,45)46)50-41-49-23-30-9-14-56(26-34(30)51-41)37-24-48-40-39(28(37)2)47-11-20-60-40/h3-6,21-24,29,47H,7-20,25-26H2,1-2H3,(H,49,50,51)(H,52,58,59). The van der Waals surface area contributed by atoms with Crippen LogP contribution in [0.25, 0.3) is 0 Å². The number of amides is 3. The van der Waals surface area contributed by atoms with Crippen LogP contribution in [-0.2, 0) is 23.9 Å². The van der Waals surface area contributed by atoms with Crippen LogP contribution in [0.1, 0.15) is 47.2 Å². The zero-order valence-corrected chi connectivity index (χ0v) is 33.9. The van der Waals surface area contributed by atoms with E-state index in [2.05, 4.69) is 46.7 Å². The molecule has 14 nitrogen and oxygen atoms in total. The van der Waals surface area contributed by atoms with Crippen molar-refractivity contribution < 1.29 is 27.5 Å². The molecule has 3 saturated heterocycles. The molecule has 7 heterocycles. The first-order chi connectivity index (χ1) is 29.0. The van der Waals surface area contributed by atoms with E-state index in [9.17, 15) is 22.8 Å². The summed E-state index contributed by atoms with van der Waals surface area (Å²) in [6, 6.07) is 10.1. The minimum absolute atomic E-state index is 0.201. The zero-order chi connectivity index (χ0) is 41.5. The number of carbonyl (C=O) groups excluding carboxylic acids is 2. The van der Waals surface area contributed by atoms with Crippen LogP contribution in [0.5, 0.6) is 5.88 Å². The number of nitrogens with zero attached hydrogens (tertiary/aromatic N) is 8. The van der Waals surface area contributed by atoms with Crippen molar-refractivity contribution in [1.82, 2.24) is 25.2 Å². The maximum atomic E-state index is 14.6. The lowest BCUT2D eigenvalue weighted by molar-refractivity contribution is -0.137. The highest BCUT2D eigenvalue weighted by atomic mass is 19.4. The fraction of sp³-hybridized carbons (Fsp3) is 0.465. The second-order valence-electron chi connectivity index (χ2n) is 16.4. The van der Waals surface area contributed by atoms with Gasteiger partial charge in [-0.25, -0.2) is 19.7 Å². The van der Waals surface area contributed by atoms with Gasteiger partial charge in [-0.15, -0.1) is 0 Å². The van der Waals surface area contributed by atoms with Crippen molar-refractivity contribution in [1.29, 1.82) is 0 Å². The van der Waals surface area contributed by atoms with Crippen LogP contribution >= 0.6 is 0 Å². The van der Waals surface area contributed by atoms with Crippen molar-refractivity contribution in [3.8, 4) is 5.88 Å². The number of aryl methyl sites for hydroxylation is 1. The first-order valence-electron chi connectivity index (χ1n) is 20.9. The Kier molecular flexibility index (Phi) is 10.8. The molecule has 2 aromatic heterocycles. The number of fused-ring (bicyclic) bond motifs is 2. The fourth-order valence-corrected chi connectivity index (χ4v) is 9.19. The molecule has 316 valence electrons. The number of anilines is 7. The van der Waals surface area contributed by atoms with E-state index >= 15 is 0 Å². The van der Waals surface area contributed by atoms with Gasteiger partial charge in [0.05, 0.1) is 29.7 Å². The van der Waals surface area contributed by atoms with Gasteiger partial charge in [-0.3, -0.25) is 19.9 Å². The Bertz CT molecular complexity index is 2270. The SMILES string of the molecule is Cc1cc(N2CCN(CC3CCN(c4ccc(Nc5ncc6c(n5)CN(c5cnc7c(c5C)NCCO7)CC6)cc4C(F)(F)F)CC3)CC2)ccc1N1CCC(=O)NC1=O. The van der Waals surface area contributed by atoms with E-state index in [4.69, 9.17) is 9.72 Å². The molecule has 0 atom stereocenters. The number of halogens is 3. The number of piperidine rings is 1. The zero-order valence-electron chi connectivity index (χ0n) is 33.9. The summed E-state index contributed by atoms with van der Waals surface area (Å²) in [6.07, 6.45) is 1.71. The van der Waals surface area contributed by atoms with Crippen molar-refractivity contribution in [2.45, 2.75) is 52.3 Å². The van der Waals surface area contributed by atoms with E-state index in [-0.39, 0.29) is 35.7 Å². The van der Waals surface area contributed by atoms with E-state index in [1.807, 2.05) is 37.1 Å². The number of benzene rings is 2. The summed E-state index contributed by atoms with van der Waals surface area (Å²) in [7, 11) is 0. The van der Waals surface area contributed by atoms with Gasteiger partial charge in [0.15, 0.2) is 0 Å². The van der Waals surface area contributed by atoms with E-state index in [0.717, 1.165) is 110 Å². The number of urea groups is 1. The van der Waals surface area contributed by atoms with Crippen molar-refractivity contribution in [2.75, 3.05) is 102 Å². The summed E-state index contributed by atoms with van der Waals surface area (Å²) < 4.78 is 49.6. The third-order valence-corrected chi connectivity index (χ3v) is 12.5. The highest BCUT2D eigenvalue weighted by molar-refractivity contribution is 6.06. The number of rotatable bonds is 8. The average molecular weight is 826 g/mol. The average Bonchev–Trinajstić information content (AvgIpc) is 3.24. The Morgan fingerprint density at radius 2 is 1.65 bits per heavy atom. The maximum absolute atomic E-state index is 14.6. The summed E-state index contributed by atoms with van der Waals surface area (Å²) in [6.45, 7) is 12.5. The van der Waals surface area contributed by atoms with E-state index in [1.165, 1.54) is 6.07 Å². The number of nitrogens with one attached hydrogen (secondary N) is 3. The smallest absolute Gasteiger partial charge is 0.418 e. The van der Waals surface area contributed by atoms with Gasteiger partial charge in [-0.1, -0.05) is 0 Å². The van der Waals surface area contributed by atoms with Crippen LogP contribution in [-0.4, -0.2) is 104 Å². The first-order valence-corrected chi connectivity index (χ1v) is 20.9. The normalized spacial score (nSPS) is 19.0. The van der Waals surface area contributed by atoms with Crippen LogP contribution < -0.4 is 40.3 Å². The Morgan fingerprint density at radius 1 is 0.850 bits per heavy atom. The summed E-state index contributed by atoms with van der Waals surface area (Å²) in [5.41, 5.74) is 7.48. The summed E-state index contributed by atoms with van der Waals surface area (Å²) in [4.78, 5) is 48.2. The van der Waals surface area contributed by atoms with Crippen LogP contribution in [0.15, 0.2) is 48.8 Å². The number of imide groups is 1. The molecule has 4 aromatic rings. The summed E-state index contributed by atoms with van der Waals surface area (Å²) in [5.74, 6) is 1.01. The molecule has 3 fully saturated rings. The van der Waals surface area contributed by atoms with Crippen LogP contribution in [0.4, 0.5) is 58.0 Å². The fourth-order valence-electron chi connectivity index (χ4n) is 9.19. The number of alkyl halides is 3. The molecule has 9 rings (SSSR count). The molecule has 60 heavy (non-hydrogen) atoms. The Balaban J connectivity index is 0.791. The quantitative estimate of drug-likeness (QED) is 0.190. The predicted molar refractivity (Wildman–Crippen MR) is 225 cm³/mol. The van der Waals surface area contributed by atoms with Gasteiger partial charge in [-0.2, -0.15) is 13.2 Å². The molecule has 17 heteroatoms. The number of hydrogen-bond donors (Lipinski definition) is 3. The van der Waals surface area contributed by atoms with Crippen LogP contribution in [0.3, 0.4) is 0 Å². The molecule has 0 unspecified atom stereocenters. The first kappa shape index (κ1) is 39.6. The van der Waals surface area contributed by atoms with Crippen molar-refractivity contribution in [2.24, 2.45) is 5.92 Å². The van der Waals surface area contributed by atoms with Gasteiger partial charge in [-0.05, 0) is 86.6 Å². The third kappa shape index (κ3) is 8.18. The number of hydrogen-bond acceptors (Lipinski definition) is 12. The summed E-state index contributed by atoms with van der Waals surface area (Å²) >= 11 is 0. The molecule has 5 aliphatic heterocycles. The Hall–Kier alpha value is -5.84. The molecule has 0 radical (unpaired) electrons. The minimum Gasteiger partial charge on any atom is -0.474 e. The Morgan fingerprint density at radius 3 is 2.42 bits per heavy atom. The van der Waals surface area contributed by atoms with Gasteiger partial charge in [0.25, 0.3) is 0 Å². The largest absolute Gasteiger partial charge is 0.474 e. The van der Waals surface area contributed by atoms with Gasteiger partial charge in [0.1, 0.15) is 12.3 Å². The molecule has 0 aliphatic carbocycles. The molecule has 3 N–H and O–H groups in total. The molecule has 0 bridgehead atoms. The number of piperazine rings is 1. The lowest BCUT2D eigenvalue weighted by Gasteiger charge is -2.40. The molecule has 3 amide bonds. The van der Waals surface area contributed by atoms with Gasteiger partial charge < -0.3 is 30.1 Å². The van der Waals surface area contributed by atoms with Gasteiger partial charge in [0, 0.05) is 106 Å². The highest BCUT2D eigenvalue weighted by Crippen LogP contribution is 2.41. The monoisotopic (exact) mass is 825 g/mol. The highest BCUT2D eigenvalue weighted by Gasteiger charge is 2.37. The number of aromatic nitrogens is 3. The van der Waals surface area contributed by atoms with Crippen molar-refractivity contribution in [3.05, 3.63) is 76.7 Å². The topological polar surface area (TPSA) is 134 Å². The van der Waals surface area contributed by atoms with Crippen LogP contribution in [0, 0.1) is 19.8 Å². The number of pyridine rings is 1. The third-order valence-electron chi connectivity index (χ3n) is 12.5. The lowest BCUT2D eigenvalue weighted by Crippen LogP contribution is -2.50. The molecule has 2 aromatic carbocycles. The van der Waals surface area contributed by atoms with E-state index < -0.39 is 11.7 Å². The van der Waals surface area contributed by atoms with E-state index in [1.54, 1.807) is 23.2 Å². The predicted octanol–water partition coefficient (Wildman–Crippen LogP) is 6.10. The van der Waals surface area contributed by atoms with Gasteiger partial charge in [0.2, 0.25) is 17.7 Å². The molecule has 0 saturated carbocycles. The molecular formula is C43H50F3N11O3. The van der Waals surface area contributed by atoms with Crippen molar-refractivity contribution >= 4 is 52.0 Å². The van der Waals surface area contributed by atoms with Gasteiger partial charge >= 0.3 is 12.2 Å². The lowest BCUT2D eigenvalue weighted by atomic mass is 9.94. The van der Waals surface area contributed by atoms with Crippen LogP contribution in [0.2, 0.25) is 0 Å². The Labute approximate surface area is 347 Å². The molecular weight excluding hydrogens is 776 g/mol. The molecule has 5 aliphatic rings. The number of ether oxygens (including phenoxy) is 1. The van der Waals surface area contributed by atoms with Crippen molar-refractivity contribution in [3.63, 3.8) is 0 Å². The summed E-state index contributed by atoms with van der Waals surface area (Å²) in [5, 5.41) is 8.84. The minimum atomic E-state index is -4.54. The molecule has 0 spiro atoms.